The van der Waals surface area contributed by atoms with Gasteiger partial charge in [-0.15, -0.1) is 11.6 Å². The minimum Gasteiger partial charge on any atom is -0.497 e. The Bertz CT molecular complexity index is 3650. The van der Waals surface area contributed by atoms with E-state index < -0.39 is 11.1 Å². The molecular weight excluding hydrogens is 1030 g/mol. The molecule has 1 N–H and O–H groups in total. The molecule has 75 heavy (non-hydrogen) atoms. The number of benzene rings is 4. The Hall–Kier alpha value is -8.95. The summed E-state index contributed by atoms with van der Waals surface area (Å²) in [7, 11) is 6.03. The summed E-state index contributed by atoms with van der Waals surface area (Å²) in [4.78, 5) is 67.0. The first kappa shape index (κ1) is 55.4. The Balaban J connectivity index is 0.000000202. The number of H-pyrrole nitrogens is 1. The second kappa shape index (κ2) is 26.1. The summed E-state index contributed by atoms with van der Waals surface area (Å²) in [6, 6.07) is 26.8. The predicted octanol–water partition coefficient (Wildman–Crippen LogP) is 9.34. The zero-order valence-corrected chi connectivity index (χ0v) is 43.2. The van der Waals surface area contributed by atoms with Gasteiger partial charge >= 0.3 is 11.1 Å². The fourth-order valence-corrected chi connectivity index (χ4v) is 7.30. The Kier molecular flexibility index (Phi) is 19.3. The van der Waals surface area contributed by atoms with E-state index in [1.54, 1.807) is 46.3 Å². The van der Waals surface area contributed by atoms with E-state index in [1.807, 2.05) is 36.4 Å². The SMILES string of the molecule is COc1ccc(Cn2nc(CCl)cc(OC)c2=O)cc1.[C-]#[N+]c1cc(Cl)cc(Oc2c(C)nc[nH]c2=O)c1.[C-]#[N+]c1cc(Cl)cc(Oc2c(C)ncn(Cc3cc(OC)c(=O)n(Cc4ccc(OC)cc4)n3)c2=O)c1. The monoisotopic (exact) mass is 1070 g/mol. The lowest BCUT2D eigenvalue weighted by Gasteiger charge is -2.13. The summed E-state index contributed by atoms with van der Waals surface area (Å²) in [5.74, 6) is 2.66. The van der Waals surface area contributed by atoms with Gasteiger partial charge in [0.25, 0.3) is 11.1 Å². The fraction of sp³-hybridized carbons (Fsp3) is 0.192. The second-order valence-electron chi connectivity index (χ2n) is 15.6. The van der Waals surface area contributed by atoms with Crippen LogP contribution >= 0.6 is 34.8 Å². The van der Waals surface area contributed by atoms with Crippen LogP contribution in [-0.2, 0) is 25.5 Å². The van der Waals surface area contributed by atoms with Gasteiger partial charge in [-0.3, -0.25) is 23.7 Å². The van der Waals surface area contributed by atoms with E-state index in [0.29, 0.717) is 56.6 Å². The van der Waals surface area contributed by atoms with Crippen molar-refractivity contribution in [2.45, 2.75) is 39.4 Å². The molecule has 8 rings (SSSR count). The second-order valence-corrected chi connectivity index (χ2v) is 16.8. The molecule has 0 atom stereocenters. The Morgan fingerprint density at radius 1 is 0.560 bits per heavy atom. The highest BCUT2D eigenvalue weighted by atomic mass is 35.5. The van der Waals surface area contributed by atoms with Gasteiger partial charge in [0.15, 0.2) is 22.9 Å². The zero-order valence-electron chi connectivity index (χ0n) is 41.0. The van der Waals surface area contributed by atoms with Crippen LogP contribution in [-0.4, -0.2) is 67.5 Å². The lowest BCUT2D eigenvalue weighted by molar-refractivity contribution is 0.395. The number of ether oxygens (including phenoxy) is 6. The van der Waals surface area contributed by atoms with E-state index in [0.717, 1.165) is 16.9 Å². The third-order valence-corrected chi connectivity index (χ3v) is 11.2. The molecular formula is C52H45Cl3N10O10. The van der Waals surface area contributed by atoms with Crippen molar-refractivity contribution >= 4 is 46.2 Å². The van der Waals surface area contributed by atoms with Gasteiger partial charge in [-0.1, -0.05) is 47.5 Å². The first-order valence-corrected chi connectivity index (χ1v) is 23.3. The maximum atomic E-state index is 13.3. The quantitative estimate of drug-likeness (QED) is 0.0748. The van der Waals surface area contributed by atoms with Crippen LogP contribution < -0.4 is 50.7 Å². The normalized spacial score (nSPS) is 10.3. The minimum atomic E-state index is -0.467. The van der Waals surface area contributed by atoms with E-state index in [1.165, 1.54) is 83.3 Å². The first-order valence-electron chi connectivity index (χ1n) is 22.0. The van der Waals surface area contributed by atoms with Gasteiger partial charge in [0.2, 0.25) is 11.5 Å². The van der Waals surface area contributed by atoms with E-state index in [-0.39, 0.29) is 64.5 Å². The number of alkyl halides is 1. The van der Waals surface area contributed by atoms with Crippen LogP contribution in [0.2, 0.25) is 10.0 Å². The largest absolute Gasteiger partial charge is 0.497 e. The first-order chi connectivity index (χ1) is 36.1. The molecule has 4 aromatic heterocycles. The van der Waals surface area contributed by atoms with Crippen molar-refractivity contribution in [3.05, 3.63) is 218 Å². The standard InChI is InChI=1S/C26H22ClN5O5.C14H15ClN2O3.C12H8ClN3O2/c1-16-24(37-22-10-18(27)9-19(11-22)28-2)26(34)31(15-29-16)14-20-12-23(36-4)25(33)32(30-20)13-17-5-7-21(35-3)8-6-17;1-19-12-5-3-10(4-6-12)9-17-14(18)13(20-2)7-11(8-15)16-17;1-7-11(12(17)16-6-15-7)18-10-4-8(13)3-9(5-10)14-2/h5-12,15H,13-14H2,1,3-4H3;3-7H,8-9H2,1-2H3;3-6H,1H3,(H,15,16,17). The number of halogens is 3. The number of hydrogen-bond donors (Lipinski definition) is 1. The predicted molar refractivity (Wildman–Crippen MR) is 281 cm³/mol. The molecule has 8 aromatic rings. The van der Waals surface area contributed by atoms with E-state index in [2.05, 4.69) is 34.8 Å². The summed E-state index contributed by atoms with van der Waals surface area (Å²) >= 11 is 17.7. The molecule has 0 bridgehead atoms. The minimum absolute atomic E-state index is 0.00454. The highest BCUT2D eigenvalue weighted by Crippen LogP contribution is 2.31. The summed E-state index contributed by atoms with van der Waals surface area (Å²) in [6.07, 6.45) is 2.67. The number of methoxy groups -OCH3 is 4. The van der Waals surface area contributed by atoms with Gasteiger partial charge in [0, 0.05) is 22.2 Å². The van der Waals surface area contributed by atoms with Crippen molar-refractivity contribution in [1.29, 1.82) is 0 Å². The molecule has 0 fully saturated rings. The Morgan fingerprint density at radius 2 is 1.03 bits per heavy atom. The molecule has 0 aliphatic rings. The molecule has 0 unspecified atom stereocenters. The molecule has 0 amide bonds. The van der Waals surface area contributed by atoms with Crippen LogP contribution in [0.4, 0.5) is 11.4 Å². The van der Waals surface area contributed by atoms with Crippen molar-refractivity contribution in [3.8, 4) is 46.0 Å². The molecule has 20 nitrogen and oxygen atoms in total. The van der Waals surface area contributed by atoms with Crippen LogP contribution in [0.15, 0.2) is 129 Å². The average Bonchev–Trinajstić information content (AvgIpc) is 3.41. The number of hydrogen-bond acceptors (Lipinski definition) is 14. The van der Waals surface area contributed by atoms with E-state index in [4.69, 9.17) is 76.4 Å². The van der Waals surface area contributed by atoms with Crippen molar-refractivity contribution in [2.24, 2.45) is 0 Å². The molecule has 384 valence electrons. The molecule has 4 heterocycles. The van der Waals surface area contributed by atoms with Gasteiger partial charge < -0.3 is 33.4 Å². The highest BCUT2D eigenvalue weighted by molar-refractivity contribution is 6.31. The van der Waals surface area contributed by atoms with Crippen molar-refractivity contribution in [3.63, 3.8) is 0 Å². The lowest BCUT2D eigenvalue weighted by Crippen LogP contribution is -2.28. The summed E-state index contributed by atoms with van der Waals surface area (Å²) in [5.41, 5.74) is 2.68. The van der Waals surface area contributed by atoms with Crippen LogP contribution in [0, 0.1) is 27.0 Å². The molecule has 0 aliphatic heterocycles. The lowest BCUT2D eigenvalue weighted by atomic mass is 10.2. The summed E-state index contributed by atoms with van der Waals surface area (Å²) in [5, 5.41) is 9.32. The molecule has 23 heteroatoms. The smallest absolute Gasteiger partial charge is 0.309 e. The Morgan fingerprint density at radius 3 is 1.48 bits per heavy atom. The number of rotatable bonds is 15. The molecule has 4 aromatic carbocycles. The number of aromatic nitrogens is 8. The van der Waals surface area contributed by atoms with E-state index >= 15 is 0 Å². The third-order valence-electron chi connectivity index (χ3n) is 10.4. The average molecular weight is 1080 g/mol. The van der Waals surface area contributed by atoms with Crippen LogP contribution in [0.5, 0.6) is 46.0 Å². The van der Waals surface area contributed by atoms with Crippen LogP contribution in [0.3, 0.4) is 0 Å². The Labute approximate surface area is 443 Å². The number of aryl methyl sites for hydroxylation is 2. The van der Waals surface area contributed by atoms with Crippen molar-refractivity contribution in [2.75, 3.05) is 28.4 Å². The van der Waals surface area contributed by atoms with Gasteiger partial charge in [-0.05, 0) is 85.6 Å². The van der Waals surface area contributed by atoms with Gasteiger partial charge in [-0.25, -0.2) is 29.0 Å². The maximum absolute atomic E-state index is 13.3. The molecule has 0 saturated carbocycles. The number of nitrogens with zero attached hydrogens (tertiary/aromatic N) is 9. The molecule has 0 aliphatic carbocycles. The topological polar surface area (TPSA) is 215 Å². The third kappa shape index (κ3) is 14.8. The van der Waals surface area contributed by atoms with Crippen molar-refractivity contribution in [1.82, 2.24) is 39.1 Å². The highest BCUT2D eigenvalue weighted by Gasteiger charge is 2.17. The zero-order chi connectivity index (χ0) is 54.2. The fourth-order valence-electron chi connectivity index (χ4n) is 6.73. The maximum Gasteiger partial charge on any atom is 0.309 e. The van der Waals surface area contributed by atoms with Crippen LogP contribution in [0.1, 0.15) is 33.9 Å². The van der Waals surface area contributed by atoms with Gasteiger partial charge in [-0.2, -0.15) is 10.2 Å². The van der Waals surface area contributed by atoms with Gasteiger partial charge in [0.05, 0.1) is 103 Å². The van der Waals surface area contributed by atoms with Gasteiger partial charge in [0.1, 0.15) is 23.0 Å². The molecule has 0 saturated heterocycles. The number of aromatic amines is 1. The number of nitrogens with one attached hydrogen (secondary N) is 1. The summed E-state index contributed by atoms with van der Waals surface area (Å²) < 4.78 is 35.7. The molecule has 0 radical (unpaired) electrons. The van der Waals surface area contributed by atoms with Crippen molar-refractivity contribution < 1.29 is 28.4 Å². The molecule has 0 spiro atoms. The summed E-state index contributed by atoms with van der Waals surface area (Å²) in [6.45, 7) is 18.0. The van der Waals surface area contributed by atoms with E-state index in [9.17, 15) is 19.2 Å². The van der Waals surface area contributed by atoms with Crippen LogP contribution in [0.25, 0.3) is 9.69 Å².